The van der Waals surface area contributed by atoms with E-state index >= 15 is 0 Å². The molecular formula is C18H19N5O. The van der Waals surface area contributed by atoms with Crippen molar-refractivity contribution in [2.45, 2.75) is 25.8 Å². The van der Waals surface area contributed by atoms with Crippen molar-refractivity contribution in [1.82, 2.24) is 24.4 Å². The molecule has 122 valence electrons. The molecule has 0 aliphatic carbocycles. The average Bonchev–Trinajstić information content (AvgIpc) is 3.23. The van der Waals surface area contributed by atoms with Crippen LogP contribution in [-0.2, 0) is 11.3 Å². The average molecular weight is 321 g/mol. The minimum absolute atomic E-state index is 0.119. The van der Waals surface area contributed by atoms with Crippen molar-refractivity contribution in [3.63, 3.8) is 0 Å². The van der Waals surface area contributed by atoms with E-state index in [4.69, 9.17) is 0 Å². The van der Waals surface area contributed by atoms with Crippen LogP contribution in [0.1, 0.15) is 23.9 Å². The lowest BCUT2D eigenvalue weighted by Gasteiger charge is -2.17. The van der Waals surface area contributed by atoms with Crippen LogP contribution >= 0.6 is 0 Å². The van der Waals surface area contributed by atoms with E-state index in [2.05, 4.69) is 15.0 Å². The molecule has 0 bridgehead atoms. The molecule has 2 aromatic heterocycles. The Bertz CT molecular complexity index is 888. The predicted octanol–water partition coefficient (Wildman–Crippen LogP) is 2.15. The van der Waals surface area contributed by atoms with Gasteiger partial charge in [0.1, 0.15) is 12.4 Å². The molecule has 3 aromatic rings. The van der Waals surface area contributed by atoms with Gasteiger partial charge in [0.05, 0.1) is 17.4 Å². The van der Waals surface area contributed by atoms with Crippen LogP contribution in [-0.4, -0.2) is 43.4 Å². The van der Waals surface area contributed by atoms with Gasteiger partial charge in [0.25, 0.3) is 0 Å². The first-order valence-corrected chi connectivity index (χ1v) is 8.18. The van der Waals surface area contributed by atoms with E-state index in [1.807, 2.05) is 46.7 Å². The van der Waals surface area contributed by atoms with Crippen molar-refractivity contribution in [2.75, 3.05) is 13.1 Å². The van der Waals surface area contributed by atoms with Gasteiger partial charge >= 0.3 is 0 Å². The summed E-state index contributed by atoms with van der Waals surface area (Å²) in [7, 11) is 0. The van der Waals surface area contributed by atoms with Crippen molar-refractivity contribution in [3.05, 3.63) is 54.4 Å². The number of hydrogen-bond acceptors (Lipinski definition) is 4. The fourth-order valence-electron chi connectivity index (χ4n) is 3.24. The number of benzene rings is 1. The molecule has 1 atom stereocenters. The zero-order chi connectivity index (χ0) is 16.5. The number of likely N-dealkylation sites (tertiary alicyclic amines) is 1. The fraction of sp³-hybridized carbons (Fsp3) is 0.333. The van der Waals surface area contributed by atoms with Crippen molar-refractivity contribution >= 4 is 16.9 Å². The van der Waals surface area contributed by atoms with E-state index in [0.29, 0.717) is 13.1 Å². The topological polar surface area (TPSA) is 63.9 Å². The van der Waals surface area contributed by atoms with Crippen LogP contribution in [0.5, 0.6) is 0 Å². The fourth-order valence-corrected chi connectivity index (χ4v) is 3.24. The van der Waals surface area contributed by atoms with Gasteiger partial charge in [-0.05, 0) is 31.5 Å². The second-order valence-electron chi connectivity index (χ2n) is 6.24. The van der Waals surface area contributed by atoms with Gasteiger partial charge in [-0.1, -0.05) is 12.1 Å². The molecule has 0 spiro atoms. The van der Waals surface area contributed by atoms with Crippen molar-refractivity contribution in [3.8, 4) is 0 Å². The summed E-state index contributed by atoms with van der Waals surface area (Å²) in [6.07, 6.45) is 4.44. The van der Waals surface area contributed by atoms with Crippen LogP contribution in [0.4, 0.5) is 0 Å². The first-order chi connectivity index (χ1) is 11.7. The highest BCUT2D eigenvalue weighted by Gasteiger charge is 2.29. The molecule has 1 aliphatic heterocycles. The van der Waals surface area contributed by atoms with E-state index in [1.165, 1.54) is 0 Å². The summed E-state index contributed by atoms with van der Waals surface area (Å²) < 4.78 is 1.91. The number of aryl methyl sites for hydroxylation is 1. The maximum absolute atomic E-state index is 12.6. The first-order valence-electron chi connectivity index (χ1n) is 8.18. The second kappa shape index (κ2) is 6.03. The number of amides is 1. The maximum Gasteiger partial charge on any atom is 0.242 e. The van der Waals surface area contributed by atoms with Gasteiger partial charge in [0.15, 0.2) is 0 Å². The van der Waals surface area contributed by atoms with E-state index in [0.717, 1.165) is 35.5 Å². The lowest BCUT2D eigenvalue weighted by molar-refractivity contribution is -0.130. The normalized spacial score (nSPS) is 17.5. The Balaban J connectivity index is 1.46. The zero-order valence-electron chi connectivity index (χ0n) is 13.6. The number of hydrogen-bond donors (Lipinski definition) is 0. The molecule has 0 unspecified atom stereocenters. The lowest BCUT2D eigenvalue weighted by atomic mass is 10.1. The number of imidazole rings is 1. The Labute approximate surface area is 140 Å². The smallest absolute Gasteiger partial charge is 0.242 e. The third-order valence-corrected chi connectivity index (χ3v) is 4.55. The third kappa shape index (κ3) is 2.75. The minimum Gasteiger partial charge on any atom is -0.340 e. The number of fused-ring (bicyclic) bond motifs is 1. The lowest BCUT2D eigenvalue weighted by Crippen LogP contribution is -2.31. The van der Waals surface area contributed by atoms with E-state index in [9.17, 15) is 4.79 Å². The number of nitrogens with zero attached hydrogens (tertiary/aromatic N) is 5. The van der Waals surface area contributed by atoms with Gasteiger partial charge in [-0.15, -0.1) is 0 Å². The second-order valence-corrected chi connectivity index (χ2v) is 6.24. The maximum atomic E-state index is 12.6. The van der Waals surface area contributed by atoms with Crippen LogP contribution in [0.3, 0.4) is 0 Å². The molecule has 24 heavy (non-hydrogen) atoms. The highest BCUT2D eigenvalue weighted by atomic mass is 16.2. The zero-order valence-corrected chi connectivity index (χ0v) is 13.6. The first kappa shape index (κ1) is 14.8. The van der Waals surface area contributed by atoms with Crippen molar-refractivity contribution in [1.29, 1.82) is 0 Å². The molecule has 1 amide bonds. The summed E-state index contributed by atoms with van der Waals surface area (Å²) in [5.41, 5.74) is 2.87. The highest BCUT2D eigenvalue weighted by molar-refractivity contribution is 5.80. The third-order valence-electron chi connectivity index (χ3n) is 4.55. The Morgan fingerprint density at radius 2 is 2.12 bits per heavy atom. The molecule has 6 nitrogen and oxygen atoms in total. The van der Waals surface area contributed by atoms with Gasteiger partial charge in [0.2, 0.25) is 5.91 Å². The van der Waals surface area contributed by atoms with Crippen LogP contribution in [0.2, 0.25) is 0 Å². The molecule has 3 heterocycles. The summed E-state index contributed by atoms with van der Waals surface area (Å²) in [6.45, 7) is 3.73. The number of carbonyl (C=O) groups is 1. The van der Waals surface area contributed by atoms with Gasteiger partial charge in [0, 0.05) is 30.9 Å². The van der Waals surface area contributed by atoms with Crippen LogP contribution in [0, 0.1) is 6.92 Å². The van der Waals surface area contributed by atoms with Crippen molar-refractivity contribution in [2.24, 2.45) is 0 Å². The molecule has 1 saturated heterocycles. The Morgan fingerprint density at radius 1 is 1.25 bits per heavy atom. The van der Waals surface area contributed by atoms with Crippen molar-refractivity contribution < 1.29 is 4.79 Å². The SMILES string of the molecule is Cc1ccnc([C@H]2CCN(C(=O)Cn3cnc4ccccc43)C2)n1. The summed E-state index contributed by atoms with van der Waals surface area (Å²) in [5.74, 6) is 1.19. The van der Waals surface area contributed by atoms with Gasteiger partial charge in [-0.25, -0.2) is 15.0 Å². The molecule has 6 heteroatoms. The number of carbonyl (C=O) groups excluding carboxylic acids is 1. The van der Waals surface area contributed by atoms with Gasteiger partial charge in [-0.3, -0.25) is 4.79 Å². The summed E-state index contributed by atoms with van der Waals surface area (Å²) in [4.78, 5) is 27.8. The van der Waals surface area contributed by atoms with Gasteiger partial charge < -0.3 is 9.47 Å². The summed E-state index contributed by atoms with van der Waals surface area (Å²) in [5, 5.41) is 0. The molecule has 1 fully saturated rings. The van der Waals surface area contributed by atoms with Gasteiger partial charge in [-0.2, -0.15) is 0 Å². The van der Waals surface area contributed by atoms with E-state index in [-0.39, 0.29) is 11.8 Å². The van der Waals surface area contributed by atoms with Crippen LogP contribution < -0.4 is 0 Å². The predicted molar refractivity (Wildman–Crippen MR) is 90.4 cm³/mol. The summed E-state index contributed by atoms with van der Waals surface area (Å²) in [6, 6.07) is 9.76. The number of para-hydroxylation sites is 2. The van der Waals surface area contributed by atoms with E-state index in [1.54, 1.807) is 12.5 Å². The molecule has 0 radical (unpaired) electrons. The van der Waals surface area contributed by atoms with E-state index < -0.39 is 0 Å². The Morgan fingerprint density at radius 3 is 3.00 bits per heavy atom. The minimum atomic E-state index is 0.119. The monoisotopic (exact) mass is 321 g/mol. The van der Waals surface area contributed by atoms with Crippen LogP contribution in [0.15, 0.2) is 42.9 Å². The summed E-state index contributed by atoms with van der Waals surface area (Å²) >= 11 is 0. The molecule has 1 aromatic carbocycles. The number of rotatable bonds is 3. The molecule has 0 saturated carbocycles. The highest BCUT2D eigenvalue weighted by Crippen LogP contribution is 2.25. The molecular weight excluding hydrogens is 302 g/mol. The quantitative estimate of drug-likeness (QED) is 0.741. The van der Waals surface area contributed by atoms with Crippen LogP contribution in [0.25, 0.3) is 11.0 Å². The number of aromatic nitrogens is 4. The largest absolute Gasteiger partial charge is 0.340 e. The Hall–Kier alpha value is -2.76. The molecule has 0 N–H and O–H groups in total. The Kier molecular flexibility index (Phi) is 3.72. The standard InChI is InChI=1S/C18H19N5O/c1-13-6-8-19-18(21-13)14-7-9-22(10-14)17(24)11-23-12-20-15-4-2-3-5-16(15)23/h2-6,8,12,14H,7,9-11H2,1H3/t14-/m0/s1. The molecule has 4 rings (SSSR count). The molecule has 1 aliphatic rings.